The second-order valence-electron chi connectivity index (χ2n) is 27.3. The molecule has 1 unspecified atom stereocenters. The van der Waals surface area contributed by atoms with Gasteiger partial charge in [0.2, 0.25) is 16.6 Å². The second-order valence-corrected chi connectivity index (χ2v) is 27.3. The molecule has 0 radical (unpaired) electrons. The molecule has 2 aromatic heterocycles. The van der Waals surface area contributed by atoms with Gasteiger partial charge in [0.15, 0.2) is 99.3 Å². The van der Waals surface area contributed by atoms with E-state index in [-0.39, 0.29) is 136 Å². The average Bonchev–Trinajstić information content (AvgIpc) is 0.759. The van der Waals surface area contributed by atoms with E-state index in [0.717, 1.165) is 83.3 Å². The summed E-state index contributed by atoms with van der Waals surface area (Å²) in [6.45, 7) is 26.6. The predicted molar refractivity (Wildman–Crippen MR) is 455 cm³/mol. The fraction of sp³-hybridized carbons (Fsp3) is 0.326. The number of aromatic carboxylic acids is 2. The topological polar surface area (TPSA) is 326 Å². The van der Waals surface area contributed by atoms with Gasteiger partial charge in [-0.25, -0.2) is 85.4 Å². The van der Waals surface area contributed by atoms with Crippen LogP contribution >= 0.6 is 0 Å². The van der Waals surface area contributed by atoms with Crippen LogP contribution in [0.2, 0.25) is 0 Å². The van der Waals surface area contributed by atoms with E-state index in [1.165, 1.54) is 139 Å². The number of carbonyl (C=O) groups excluding carboxylic acids is 7. The Morgan fingerprint density at radius 3 is 1.05 bits per heavy atom. The van der Waals surface area contributed by atoms with Crippen LogP contribution in [0.4, 0.5) is 61.5 Å². The summed E-state index contributed by atoms with van der Waals surface area (Å²) in [7, 11) is 12.2. The highest BCUT2D eigenvalue weighted by molar-refractivity contribution is 6.25. The van der Waals surface area contributed by atoms with E-state index in [2.05, 4.69) is 33.4 Å². The maximum absolute atomic E-state index is 13.6. The number of carboxylic acids is 2. The summed E-state index contributed by atoms with van der Waals surface area (Å²) in [6.07, 6.45) is 4.65. The number of aliphatic hydroxyl groups excluding tert-OH is 1. The molecule has 0 fully saturated rings. The molecule has 0 amide bonds. The van der Waals surface area contributed by atoms with Crippen LogP contribution in [-0.4, -0.2) is 140 Å². The molecule has 0 saturated carbocycles. The lowest BCUT2D eigenvalue weighted by Crippen LogP contribution is -2.24. The molecule has 0 aliphatic carbocycles. The van der Waals surface area contributed by atoms with Crippen LogP contribution in [0.5, 0.6) is 0 Å². The number of hydrogen-bond donors (Lipinski definition) is 3. The highest BCUT2D eigenvalue weighted by atomic mass is 19.2. The molecule has 0 aliphatic heterocycles. The molecule has 9 rings (SSSR count). The highest BCUT2D eigenvalue weighted by Gasteiger charge is 2.31. The number of ether oxygens (including phenoxy) is 6. The minimum atomic E-state index is -1.40. The van der Waals surface area contributed by atoms with E-state index in [9.17, 15) is 119 Å². The number of aliphatic imine (C=N–C) groups is 1. The molecule has 23 nitrogen and oxygen atoms in total. The Morgan fingerprint density at radius 1 is 0.419 bits per heavy atom. The number of rotatable bonds is 15. The first-order valence-corrected chi connectivity index (χ1v) is 37.6. The zero-order valence-electron chi connectivity index (χ0n) is 74.9. The molecule has 0 aliphatic rings. The molecule has 3 N–H and O–H groups in total. The van der Waals surface area contributed by atoms with Gasteiger partial charge in [-0.1, -0.05) is 27.4 Å². The van der Waals surface area contributed by atoms with Gasteiger partial charge in [-0.2, -0.15) is 0 Å². The van der Waals surface area contributed by atoms with Gasteiger partial charge in [-0.3, -0.25) is 33.8 Å². The van der Waals surface area contributed by atoms with Crippen molar-refractivity contribution < 1.29 is 148 Å². The molecular formula is C92H101F14N3O20. The van der Waals surface area contributed by atoms with E-state index in [1.807, 2.05) is 20.8 Å². The Labute approximate surface area is 734 Å². The normalized spacial score (nSPS) is 11.0. The number of nitrogens with zero attached hydrogens (tertiary/aromatic N) is 3. The van der Waals surface area contributed by atoms with Crippen LogP contribution in [0.25, 0.3) is 27.6 Å². The van der Waals surface area contributed by atoms with Crippen LogP contribution in [0.1, 0.15) is 183 Å². The molecule has 0 spiro atoms. The SMILES string of the molecule is C.CC.CC(=O)c1c(C)cc(F)c(F)c1C.CC=C(C(=O)OC)C(=O)c1c(C)cc(F)c(F)c1C.CN=CC(C(=O)OC)=C(O)c1c(C)cc(F)c(F)c1C.COC(=O)C(C)C(=O)c1c(C)cc(F)c(F)c1C.COC(=O)c1cn(C)c2cc(F)c(F)c(C)c2c1=O.COC(C)OC.Cc1c(F)c(F)cc2c1c(=O)c(C(=O)O)cn2C.Cc1cc(F)c(F)c(C)c1C(=O)O. The van der Waals surface area contributed by atoms with Crippen LogP contribution in [0.3, 0.4) is 0 Å². The third kappa shape index (κ3) is 28.1. The van der Waals surface area contributed by atoms with Crippen LogP contribution in [-0.2, 0) is 56.9 Å². The van der Waals surface area contributed by atoms with E-state index in [4.69, 9.17) is 10.2 Å². The van der Waals surface area contributed by atoms with Gasteiger partial charge >= 0.3 is 35.8 Å². The third-order valence-corrected chi connectivity index (χ3v) is 18.9. The number of methoxy groups -OCH3 is 6. The van der Waals surface area contributed by atoms with Crippen molar-refractivity contribution in [1.82, 2.24) is 9.13 Å². The first kappa shape index (κ1) is 116. The number of aryl methyl sites for hydroxylation is 9. The summed E-state index contributed by atoms with van der Waals surface area (Å²) in [5.74, 6) is -23.4. The number of esters is 4. The molecule has 0 bridgehead atoms. The zero-order chi connectivity index (χ0) is 99.5. The molecule has 2 heterocycles. The van der Waals surface area contributed by atoms with Crippen LogP contribution in [0, 0.1) is 170 Å². The van der Waals surface area contributed by atoms with Gasteiger partial charge in [0.1, 0.15) is 34.0 Å². The molecule has 1 atom stereocenters. The number of benzene rings is 7. The van der Waals surface area contributed by atoms with Crippen molar-refractivity contribution in [2.45, 2.75) is 138 Å². The number of pyridine rings is 2. The fourth-order valence-electron chi connectivity index (χ4n) is 12.2. The summed E-state index contributed by atoms with van der Waals surface area (Å²) < 4.78 is 215. The minimum absolute atomic E-state index is 0. The lowest BCUT2D eigenvalue weighted by atomic mass is 9.92. The van der Waals surface area contributed by atoms with E-state index in [0.29, 0.717) is 16.7 Å². The highest BCUT2D eigenvalue weighted by Crippen LogP contribution is 2.31. The Kier molecular flexibility index (Phi) is 46.2. The van der Waals surface area contributed by atoms with E-state index >= 15 is 0 Å². The van der Waals surface area contributed by atoms with Crippen molar-refractivity contribution in [3.63, 3.8) is 0 Å². The summed E-state index contributed by atoms with van der Waals surface area (Å²) >= 11 is 0. The molecule has 129 heavy (non-hydrogen) atoms. The Morgan fingerprint density at radius 2 is 0.729 bits per heavy atom. The van der Waals surface area contributed by atoms with Gasteiger partial charge < -0.3 is 52.9 Å². The number of carboxylic acid groups (broad SMARTS) is 2. The van der Waals surface area contributed by atoms with Crippen LogP contribution in [0.15, 0.2) is 86.7 Å². The number of halogens is 14. The van der Waals surface area contributed by atoms with Gasteiger partial charge in [0, 0.05) is 105 Å². The van der Waals surface area contributed by atoms with Crippen molar-refractivity contribution in [1.29, 1.82) is 0 Å². The maximum atomic E-state index is 13.6. The van der Waals surface area contributed by atoms with Crippen molar-refractivity contribution >= 4 is 86.9 Å². The first-order chi connectivity index (χ1) is 59.4. The van der Waals surface area contributed by atoms with Gasteiger partial charge in [0.05, 0.1) is 55.8 Å². The molecular weight excluding hydrogens is 1730 g/mol. The summed E-state index contributed by atoms with van der Waals surface area (Å²) in [4.78, 5) is 130. The maximum Gasteiger partial charge on any atom is 0.343 e. The van der Waals surface area contributed by atoms with Crippen molar-refractivity contribution in [2.75, 3.05) is 49.7 Å². The number of carbonyl (C=O) groups is 9. The van der Waals surface area contributed by atoms with Crippen LogP contribution < -0.4 is 10.9 Å². The van der Waals surface area contributed by atoms with Gasteiger partial charge in [-0.05, 0) is 191 Å². The monoisotopic (exact) mass is 1830 g/mol. The summed E-state index contributed by atoms with van der Waals surface area (Å²) in [6, 6.07) is 6.56. The number of ketones is 3. The fourth-order valence-corrected chi connectivity index (χ4v) is 12.2. The molecule has 37 heteroatoms. The van der Waals surface area contributed by atoms with Crippen molar-refractivity contribution in [3.05, 3.63) is 280 Å². The predicted octanol–water partition coefficient (Wildman–Crippen LogP) is 19.3. The quantitative estimate of drug-likeness (QED) is 0.00820. The Bertz CT molecular complexity index is 5920. The molecule has 0 saturated heterocycles. The van der Waals surface area contributed by atoms with Gasteiger partial charge in [0.25, 0.3) is 0 Å². The molecule has 9 aromatic rings. The third-order valence-electron chi connectivity index (χ3n) is 18.9. The number of aromatic nitrogens is 2. The molecule has 7 aromatic carbocycles. The number of hydrogen-bond acceptors (Lipinski definition) is 19. The smallest absolute Gasteiger partial charge is 0.343 e. The summed E-state index contributed by atoms with van der Waals surface area (Å²) in [5.41, 5.74) is -1.19. The standard InChI is InChI=1S/C14H15F2NO3.C14H14F2O3.C13H11F2NO3.C13H14F2O3.C12H9F2NO3.C10H10F2O.C9H8F2O2.C4H10O2.C2H6.CH4/c1-7-5-10(15)12(16)8(2)11(7)13(18)9(6-17-3)14(19)20-4;1-5-9(14(18)19-4)13(17)11-7(2)6-10(15)12(16)8(11)3;1-6-10-9(4-8(14)11(6)15)16(2)5-7(12(10)17)13(18)19-3;1-6-5-9(14)11(15)7(2)10(6)12(16)8(3)13(17)18-4;1-5-9-8(3-7(13)10(5)14)15(2)4-6(11(9)16)12(17)18;1-5-4-8(11)10(12)6(2)9(5)7(3)13;1-4-3-6(10)8(11)5(2)7(4)9(12)13;1-4(5-2)6-3;1-2;/h5-6,18H,1-4H3;5-6H,1-4H3;4-5H,1-3H3;5,8H,1-4H3;3-4H,1-2H3,(H,17,18);4H,1-3H3;3H,1-2H3,(H,12,13);4H,1-3H3;1-2H3;1H4. The largest absolute Gasteiger partial charge is 0.506 e. The number of fused-ring (bicyclic) bond motifs is 2. The minimum Gasteiger partial charge on any atom is -0.506 e. The summed E-state index contributed by atoms with van der Waals surface area (Å²) in [5, 5.41) is 27.6. The molecule has 702 valence electrons. The number of allylic oxidation sites excluding steroid dienone is 1. The Balaban J connectivity index is 0.00000146. The van der Waals surface area contributed by atoms with E-state index < -0.39 is 157 Å². The van der Waals surface area contributed by atoms with Gasteiger partial charge in [-0.15, -0.1) is 0 Å². The van der Waals surface area contributed by atoms with E-state index in [1.54, 1.807) is 21.1 Å². The Hall–Kier alpha value is -13.3. The number of Topliss-reactive ketones (excluding diaryl/α,β-unsaturated/α-hetero) is 3. The van der Waals surface area contributed by atoms with Crippen molar-refractivity contribution in [2.24, 2.45) is 25.0 Å². The lowest BCUT2D eigenvalue weighted by molar-refractivity contribution is -0.143. The van der Waals surface area contributed by atoms with Crippen molar-refractivity contribution in [3.8, 4) is 0 Å². The first-order valence-electron chi connectivity index (χ1n) is 37.6. The number of aliphatic hydroxyl groups is 1. The second kappa shape index (κ2) is 51.5. The lowest BCUT2D eigenvalue weighted by Gasteiger charge is -2.13. The zero-order valence-corrected chi connectivity index (χ0v) is 74.9. The average molecular weight is 1830 g/mol.